The molecule has 21 heavy (non-hydrogen) atoms. The van der Waals surface area contributed by atoms with Crippen LogP contribution in [0.5, 0.6) is 0 Å². The van der Waals surface area contributed by atoms with E-state index < -0.39 is 8.07 Å². The number of hydrogen-bond donors (Lipinski definition) is 0. The lowest BCUT2D eigenvalue weighted by Gasteiger charge is -2.16. The van der Waals surface area contributed by atoms with Gasteiger partial charge in [-0.1, -0.05) is 47.2 Å². The van der Waals surface area contributed by atoms with Gasteiger partial charge in [0.1, 0.15) is 11.9 Å². The third kappa shape index (κ3) is 4.28. The van der Waals surface area contributed by atoms with Crippen molar-refractivity contribution in [1.29, 1.82) is 0 Å². The van der Waals surface area contributed by atoms with Gasteiger partial charge in [-0.2, -0.15) is 5.10 Å². The summed E-state index contributed by atoms with van der Waals surface area (Å²) in [5, 5.41) is 5.74. The lowest BCUT2D eigenvalue weighted by molar-refractivity contribution is 0.0816. The third-order valence-electron chi connectivity index (χ3n) is 3.29. The van der Waals surface area contributed by atoms with Crippen LogP contribution in [0.15, 0.2) is 12.4 Å². The highest BCUT2D eigenvalue weighted by Crippen LogP contribution is 2.31. The predicted octanol–water partition coefficient (Wildman–Crippen LogP) is 4.85. The van der Waals surface area contributed by atoms with Gasteiger partial charge in [-0.3, -0.25) is 0 Å². The largest absolute Gasteiger partial charge is 0.360 e. The summed E-state index contributed by atoms with van der Waals surface area (Å²) in [5.41, 5.74) is 2.06. The van der Waals surface area contributed by atoms with Gasteiger partial charge in [0, 0.05) is 31.3 Å². The Balaban J connectivity index is 2.19. The standard InChI is InChI=1S/C14H21BrClN3OSi/c1-10(15)11-7-17-14(16)12-8-18-19(13(11)12)9-20-5-6-21(2,3)4/h7-8,10H,5-6,9H2,1-4H3. The van der Waals surface area contributed by atoms with Crippen molar-refractivity contribution in [3.8, 4) is 0 Å². The first-order valence-electron chi connectivity index (χ1n) is 7.01. The Kier molecular flexibility index (Phi) is 5.46. The van der Waals surface area contributed by atoms with E-state index >= 15 is 0 Å². The number of nitrogens with zero attached hydrogens (tertiary/aromatic N) is 3. The summed E-state index contributed by atoms with van der Waals surface area (Å²) in [4.78, 5) is 4.40. The van der Waals surface area contributed by atoms with E-state index in [4.69, 9.17) is 16.3 Å². The molecule has 2 rings (SSSR count). The first kappa shape index (κ1) is 16.9. The maximum Gasteiger partial charge on any atom is 0.140 e. The monoisotopic (exact) mass is 389 g/mol. The predicted molar refractivity (Wildman–Crippen MR) is 94.0 cm³/mol. The van der Waals surface area contributed by atoms with Crippen molar-refractivity contribution in [2.75, 3.05) is 6.61 Å². The molecular weight excluding hydrogens is 370 g/mol. The number of hydrogen-bond acceptors (Lipinski definition) is 3. The normalized spacial score (nSPS) is 13.8. The molecule has 116 valence electrons. The van der Waals surface area contributed by atoms with E-state index in [1.54, 1.807) is 12.4 Å². The first-order valence-corrected chi connectivity index (χ1v) is 12.0. The van der Waals surface area contributed by atoms with Crippen LogP contribution in [0.1, 0.15) is 17.3 Å². The fourth-order valence-corrected chi connectivity index (χ4v) is 3.29. The van der Waals surface area contributed by atoms with E-state index in [1.165, 1.54) is 0 Å². The zero-order valence-corrected chi connectivity index (χ0v) is 16.2. The maximum atomic E-state index is 6.15. The van der Waals surface area contributed by atoms with E-state index in [9.17, 15) is 0 Å². The molecule has 0 spiro atoms. The Labute approximate surface area is 140 Å². The van der Waals surface area contributed by atoms with Crippen LogP contribution in [0.4, 0.5) is 0 Å². The number of pyridine rings is 1. The summed E-state index contributed by atoms with van der Waals surface area (Å²) in [5.74, 6) is 0. The van der Waals surface area contributed by atoms with Crippen LogP contribution in [0.3, 0.4) is 0 Å². The van der Waals surface area contributed by atoms with Crippen LogP contribution in [0.25, 0.3) is 10.9 Å². The molecule has 2 aromatic rings. The van der Waals surface area contributed by atoms with Crippen LogP contribution in [0, 0.1) is 0 Å². The smallest absolute Gasteiger partial charge is 0.140 e. The van der Waals surface area contributed by atoms with Crippen LogP contribution in [0.2, 0.25) is 30.8 Å². The maximum absolute atomic E-state index is 6.15. The van der Waals surface area contributed by atoms with Gasteiger partial charge >= 0.3 is 0 Å². The van der Waals surface area contributed by atoms with E-state index in [2.05, 4.69) is 52.6 Å². The molecule has 0 fully saturated rings. The Morgan fingerprint density at radius 2 is 2.10 bits per heavy atom. The van der Waals surface area contributed by atoms with Gasteiger partial charge in [0.2, 0.25) is 0 Å². The molecule has 0 bridgehead atoms. The highest BCUT2D eigenvalue weighted by molar-refractivity contribution is 9.09. The van der Waals surface area contributed by atoms with Crippen LogP contribution >= 0.6 is 27.5 Å². The number of aromatic nitrogens is 3. The second-order valence-electron chi connectivity index (χ2n) is 6.37. The Morgan fingerprint density at radius 3 is 2.71 bits per heavy atom. The van der Waals surface area contributed by atoms with Gasteiger partial charge < -0.3 is 4.74 Å². The van der Waals surface area contributed by atoms with E-state index in [0.29, 0.717) is 11.9 Å². The summed E-state index contributed by atoms with van der Waals surface area (Å²) in [6, 6.07) is 1.15. The Bertz CT molecular complexity index is 624. The quantitative estimate of drug-likeness (QED) is 0.306. The summed E-state index contributed by atoms with van der Waals surface area (Å²) in [6.45, 7) is 10.3. The molecule has 0 amide bonds. The fraction of sp³-hybridized carbons (Fsp3) is 0.571. The lowest BCUT2D eigenvalue weighted by Crippen LogP contribution is -2.22. The lowest BCUT2D eigenvalue weighted by atomic mass is 10.2. The number of fused-ring (bicyclic) bond motifs is 1. The molecule has 0 radical (unpaired) electrons. The van der Waals surface area contributed by atoms with Crippen molar-refractivity contribution >= 4 is 46.5 Å². The van der Waals surface area contributed by atoms with Crippen molar-refractivity contribution in [2.45, 2.75) is 44.2 Å². The van der Waals surface area contributed by atoms with Gasteiger partial charge in [-0.05, 0) is 13.0 Å². The number of halogens is 2. The molecule has 1 atom stereocenters. The van der Waals surface area contributed by atoms with Crippen LogP contribution in [-0.2, 0) is 11.5 Å². The molecular formula is C14H21BrClN3OSi. The second-order valence-corrected chi connectivity index (χ2v) is 13.7. The molecule has 0 N–H and O–H groups in total. The number of rotatable bonds is 6. The zero-order chi connectivity index (χ0) is 15.6. The molecule has 0 aromatic carbocycles. The fourth-order valence-electron chi connectivity index (χ4n) is 2.02. The molecule has 7 heteroatoms. The average Bonchev–Trinajstić information content (AvgIpc) is 2.78. The van der Waals surface area contributed by atoms with Crippen molar-refractivity contribution in [2.24, 2.45) is 0 Å². The number of ether oxygens (including phenoxy) is 1. The highest BCUT2D eigenvalue weighted by atomic mass is 79.9. The SMILES string of the molecule is CC(Br)c1cnc(Cl)c2cnn(COCC[Si](C)(C)C)c12. The number of alkyl halides is 1. The summed E-state index contributed by atoms with van der Waals surface area (Å²) in [6.07, 6.45) is 3.55. The van der Waals surface area contributed by atoms with Crippen LogP contribution < -0.4 is 0 Å². The van der Waals surface area contributed by atoms with Crippen LogP contribution in [-0.4, -0.2) is 29.4 Å². The molecule has 0 saturated heterocycles. The van der Waals surface area contributed by atoms with E-state index in [0.717, 1.165) is 29.1 Å². The highest BCUT2D eigenvalue weighted by Gasteiger charge is 2.16. The van der Waals surface area contributed by atoms with Crippen molar-refractivity contribution < 1.29 is 4.74 Å². The van der Waals surface area contributed by atoms with E-state index in [-0.39, 0.29) is 4.83 Å². The minimum Gasteiger partial charge on any atom is -0.360 e. The molecule has 2 heterocycles. The topological polar surface area (TPSA) is 39.9 Å². The van der Waals surface area contributed by atoms with Crippen molar-refractivity contribution in [1.82, 2.24) is 14.8 Å². The Hall–Kier alpha value is -0.433. The average molecular weight is 391 g/mol. The van der Waals surface area contributed by atoms with Gasteiger partial charge in [-0.15, -0.1) is 0 Å². The first-order chi connectivity index (χ1) is 9.79. The summed E-state index contributed by atoms with van der Waals surface area (Å²) >= 11 is 9.75. The molecule has 2 aromatic heterocycles. The molecule has 0 saturated carbocycles. The summed E-state index contributed by atoms with van der Waals surface area (Å²) < 4.78 is 7.65. The van der Waals surface area contributed by atoms with Gasteiger partial charge in [0.05, 0.1) is 17.1 Å². The molecule has 4 nitrogen and oxygen atoms in total. The van der Waals surface area contributed by atoms with Gasteiger partial charge in [-0.25, -0.2) is 9.67 Å². The van der Waals surface area contributed by atoms with Crippen molar-refractivity contribution in [3.05, 3.63) is 23.1 Å². The van der Waals surface area contributed by atoms with Crippen molar-refractivity contribution in [3.63, 3.8) is 0 Å². The molecule has 0 aliphatic heterocycles. The molecule has 0 aliphatic rings. The minimum atomic E-state index is -1.06. The third-order valence-corrected chi connectivity index (χ3v) is 5.79. The van der Waals surface area contributed by atoms with Gasteiger partial charge in [0.15, 0.2) is 0 Å². The summed E-state index contributed by atoms with van der Waals surface area (Å²) in [7, 11) is -1.06. The Morgan fingerprint density at radius 1 is 1.38 bits per heavy atom. The zero-order valence-electron chi connectivity index (χ0n) is 12.9. The second kappa shape index (κ2) is 6.77. The minimum absolute atomic E-state index is 0.183. The molecule has 1 unspecified atom stereocenters. The van der Waals surface area contributed by atoms with E-state index in [1.807, 2.05) is 4.68 Å². The van der Waals surface area contributed by atoms with Gasteiger partial charge in [0.25, 0.3) is 0 Å². The molecule has 0 aliphatic carbocycles.